The van der Waals surface area contributed by atoms with Crippen molar-refractivity contribution in [1.82, 2.24) is 41.5 Å². The van der Waals surface area contributed by atoms with Gasteiger partial charge >= 0.3 is 6.03 Å². The number of aryl methyl sites for hydroxylation is 2. The third kappa shape index (κ3) is 14.4. The lowest BCUT2D eigenvalue weighted by atomic mass is 9.93. The molecule has 2 aliphatic rings. The van der Waals surface area contributed by atoms with Crippen LogP contribution in [0.15, 0.2) is 60.7 Å². The molecular formula is C52H66N12O9. The quantitative estimate of drug-likeness (QED) is 0.0495. The Bertz CT molecular complexity index is 2650. The van der Waals surface area contributed by atoms with Gasteiger partial charge in [0.2, 0.25) is 23.6 Å². The molecule has 4 atom stereocenters. The summed E-state index contributed by atoms with van der Waals surface area (Å²) in [6.45, 7) is 5.09. The first kappa shape index (κ1) is 54.5. The number of urea groups is 1. The number of fused-ring (bicyclic) bond motifs is 5. The molecule has 2 heterocycles. The van der Waals surface area contributed by atoms with Crippen LogP contribution in [0.3, 0.4) is 0 Å². The minimum Gasteiger partial charge on any atom is -0.492 e. The SMILES string of the molecule is Cc1nc(-c2ccc(OC3CCCCC3)cc2)nc(C)c1C(=O)NC(CCCNC(N)=O)C(=O)N(C)[C@@H]1C(=O)N[C@@H](C)C(=O)N[C@H](C(=O)NCC#N)Cc2ccc(OCCN)c(c2)-c2cc1ccc2OCCN. The number of nitriles is 1. The lowest BCUT2D eigenvalue weighted by Crippen LogP contribution is -2.56. The van der Waals surface area contributed by atoms with Crippen molar-refractivity contribution in [3.05, 3.63) is 88.7 Å². The Morgan fingerprint density at radius 3 is 2.14 bits per heavy atom. The van der Waals surface area contributed by atoms with Gasteiger partial charge in [0, 0.05) is 49.8 Å². The van der Waals surface area contributed by atoms with E-state index in [0.717, 1.165) is 31.4 Å². The highest BCUT2D eigenvalue weighted by molar-refractivity contribution is 6.00. The molecule has 0 spiro atoms. The molecule has 0 radical (unpaired) electrons. The maximum absolute atomic E-state index is 15.0. The van der Waals surface area contributed by atoms with Crippen molar-refractivity contribution < 1.29 is 43.0 Å². The molecule has 7 amide bonds. The summed E-state index contributed by atoms with van der Waals surface area (Å²) in [5, 5.41) is 22.5. The molecule has 11 N–H and O–H groups in total. The highest BCUT2D eigenvalue weighted by atomic mass is 16.5. The van der Waals surface area contributed by atoms with Crippen LogP contribution in [0.5, 0.6) is 17.2 Å². The molecule has 21 nitrogen and oxygen atoms in total. The highest BCUT2D eigenvalue weighted by Gasteiger charge is 2.37. The van der Waals surface area contributed by atoms with E-state index in [0.29, 0.717) is 51.0 Å². The molecule has 1 fully saturated rings. The molecule has 4 aromatic rings. The number of hydrogen-bond donors (Lipinski definition) is 8. The monoisotopic (exact) mass is 1000 g/mol. The van der Waals surface area contributed by atoms with E-state index >= 15 is 4.79 Å². The van der Waals surface area contributed by atoms with Crippen molar-refractivity contribution in [1.29, 1.82) is 5.26 Å². The summed E-state index contributed by atoms with van der Waals surface area (Å²) in [5.41, 5.74) is 20.4. The molecule has 388 valence electrons. The third-order valence-corrected chi connectivity index (χ3v) is 12.6. The van der Waals surface area contributed by atoms with E-state index in [4.69, 9.17) is 31.4 Å². The number of aromatic nitrogens is 2. The van der Waals surface area contributed by atoms with E-state index in [1.807, 2.05) is 30.3 Å². The second-order valence-electron chi connectivity index (χ2n) is 18.0. The minimum atomic E-state index is -1.46. The second-order valence-corrected chi connectivity index (χ2v) is 18.0. The molecule has 1 aromatic heterocycles. The Morgan fingerprint density at radius 2 is 1.51 bits per heavy atom. The smallest absolute Gasteiger partial charge is 0.312 e. The number of amides is 7. The first-order valence-electron chi connectivity index (χ1n) is 24.5. The zero-order valence-corrected chi connectivity index (χ0v) is 41.8. The van der Waals surface area contributed by atoms with Crippen LogP contribution in [0.1, 0.15) is 90.8 Å². The van der Waals surface area contributed by atoms with Gasteiger partial charge in [-0.25, -0.2) is 14.8 Å². The van der Waals surface area contributed by atoms with E-state index in [-0.39, 0.29) is 75.9 Å². The molecule has 1 aliphatic carbocycles. The van der Waals surface area contributed by atoms with Gasteiger partial charge in [-0.1, -0.05) is 18.6 Å². The normalized spacial score (nSPS) is 17.3. The fourth-order valence-corrected chi connectivity index (χ4v) is 8.94. The molecule has 0 saturated heterocycles. The lowest BCUT2D eigenvalue weighted by Gasteiger charge is -2.33. The van der Waals surface area contributed by atoms with Crippen LogP contribution in [-0.4, -0.2) is 121 Å². The van der Waals surface area contributed by atoms with E-state index in [9.17, 15) is 29.2 Å². The number of ether oxygens (including phenoxy) is 3. The molecule has 73 heavy (non-hydrogen) atoms. The summed E-state index contributed by atoms with van der Waals surface area (Å²) in [6.07, 6.45) is 5.88. The second kappa shape index (κ2) is 26.0. The maximum Gasteiger partial charge on any atom is 0.312 e. The van der Waals surface area contributed by atoms with Gasteiger partial charge < -0.3 is 62.9 Å². The topological polar surface area (TPSA) is 321 Å². The summed E-state index contributed by atoms with van der Waals surface area (Å²) in [4.78, 5) is 93.7. The molecule has 1 saturated carbocycles. The van der Waals surface area contributed by atoms with Gasteiger partial charge in [-0.05, 0) is 119 Å². The molecule has 6 rings (SSSR count). The van der Waals surface area contributed by atoms with Crippen LogP contribution < -0.4 is 58.0 Å². The van der Waals surface area contributed by atoms with Gasteiger partial charge in [0.15, 0.2) is 5.82 Å². The molecule has 1 unspecified atom stereocenters. The Labute approximate surface area is 424 Å². The van der Waals surface area contributed by atoms with Gasteiger partial charge in [-0.3, -0.25) is 24.0 Å². The first-order chi connectivity index (χ1) is 35.1. The summed E-state index contributed by atoms with van der Waals surface area (Å²) < 4.78 is 18.4. The van der Waals surface area contributed by atoms with Gasteiger partial charge in [-0.2, -0.15) is 5.26 Å². The Morgan fingerprint density at radius 1 is 0.863 bits per heavy atom. The fraction of sp³-hybridized carbons (Fsp3) is 0.442. The maximum atomic E-state index is 15.0. The van der Waals surface area contributed by atoms with Crippen LogP contribution in [0, 0.1) is 25.2 Å². The number of nitrogens with two attached hydrogens (primary N) is 3. The fourth-order valence-electron chi connectivity index (χ4n) is 8.94. The highest BCUT2D eigenvalue weighted by Crippen LogP contribution is 2.40. The predicted octanol–water partition coefficient (Wildman–Crippen LogP) is 2.75. The van der Waals surface area contributed by atoms with Crippen molar-refractivity contribution in [2.24, 2.45) is 17.2 Å². The number of likely N-dealkylation sites (N-methyl/N-ethyl adjacent to an activating group) is 1. The predicted molar refractivity (Wildman–Crippen MR) is 271 cm³/mol. The third-order valence-electron chi connectivity index (χ3n) is 12.6. The average molecular weight is 1000 g/mol. The van der Waals surface area contributed by atoms with Crippen LogP contribution in [0.25, 0.3) is 22.5 Å². The minimum absolute atomic E-state index is 0.0182. The number of rotatable bonds is 19. The van der Waals surface area contributed by atoms with Crippen molar-refractivity contribution in [3.8, 4) is 45.8 Å². The van der Waals surface area contributed by atoms with E-state index in [2.05, 4.69) is 36.6 Å². The number of primary amides is 1. The van der Waals surface area contributed by atoms with Crippen LogP contribution >= 0.6 is 0 Å². The Balaban J connectivity index is 1.37. The first-order valence-corrected chi connectivity index (χ1v) is 24.5. The number of hydrogen-bond acceptors (Lipinski definition) is 14. The number of nitrogens with one attached hydrogen (secondary N) is 5. The van der Waals surface area contributed by atoms with Crippen molar-refractivity contribution in [2.45, 2.75) is 102 Å². The van der Waals surface area contributed by atoms with Crippen molar-refractivity contribution in [2.75, 3.05) is 46.4 Å². The van der Waals surface area contributed by atoms with Crippen molar-refractivity contribution >= 4 is 35.6 Å². The standard InChI is InChI=1S/C52H66N12O9/c1-30-44(31(2)60-46(59-30)34-13-16-37(17-14-34)73-36-9-6-5-7-10-36)49(67)62-40(11-8-23-58-52(56)70)51(69)64(4)45-35-15-19-43(72-26-22-55)39(29-35)38-27-33(12-18-42(38)71-25-21-54)28-41(48(66)57-24-20-53)63-47(65)32(3)61-50(45)68/h12-19,27,29,32,36,40-41,45H,5-11,21-26,28,54-55H2,1-4H3,(H,57,66)(H,61,68)(H,62,67)(H,63,65)(H3,56,58,70)/t32-,40?,41-,45-/m0/s1. The summed E-state index contributed by atoms with van der Waals surface area (Å²) in [7, 11) is 1.39. The van der Waals surface area contributed by atoms with Gasteiger partial charge in [0.05, 0.1) is 29.1 Å². The van der Waals surface area contributed by atoms with Gasteiger partial charge in [0.25, 0.3) is 5.91 Å². The summed E-state index contributed by atoms with van der Waals surface area (Å²) in [6, 6.07) is 13.5. The van der Waals surface area contributed by atoms with Crippen LogP contribution in [0.4, 0.5) is 4.79 Å². The number of carbonyl (C=O) groups is 6. The lowest BCUT2D eigenvalue weighted by molar-refractivity contribution is -0.141. The van der Waals surface area contributed by atoms with Crippen LogP contribution in [-0.2, 0) is 25.6 Å². The average Bonchev–Trinajstić information content (AvgIpc) is 3.37. The summed E-state index contributed by atoms with van der Waals surface area (Å²) >= 11 is 0. The number of carbonyl (C=O) groups excluding carboxylic acids is 6. The number of nitrogens with zero attached hydrogens (tertiary/aromatic N) is 4. The zero-order valence-electron chi connectivity index (χ0n) is 41.8. The van der Waals surface area contributed by atoms with Gasteiger partial charge in [-0.15, -0.1) is 0 Å². The van der Waals surface area contributed by atoms with E-state index in [1.165, 1.54) is 25.3 Å². The zero-order chi connectivity index (χ0) is 52.6. The molecular weight excluding hydrogens is 937 g/mol. The summed E-state index contributed by atoms with van der Waals surface area (Å²) in [5.74, 6) is -1.65. The van der Waals surface area contributed by atoms with Crippen molar-refractivity contribution in [3.63, 3.8) is 0 Å². The van der Waals surface area contributed by atoms with E-state index < -0.39 is 59.7 Å². The van der Waals surface area contributed by atoms with Crippen LogP contribution in [0.2, 0.25) is 0 Å². The van der Waals surface area contributed by atoms with Gasteiger partial charge in [0.1, 0.15) is 61.2 Å². The van der Waals surface area contributed by atoms with E-state index in [1.54, 1.807) is 50.2 Å². The molecule has 4 bridgehead atoms. The number of benzene rings is 3. The Hall–Kier alpha value is -7.83. The Kier molecular flexibility index (Phi) is 19.4. The largest absolute Gasteiger partial charge is 0.492 e. The molecule has 1 aliphatic heterocycles. The molecule has 21 heteroatoms. The molecule has 3 aromatic carbocycles.